The smallest absolute Gasteiger partial charge is 0.319 e. The summed E-state index contributed by atoms with van der Waals surface area (Å²) in [5.41, 5.74) is 3.71. The zero-order valence-electron chi connectivity index (χ0n) is 19.6. The molecule has 2 heterocycles. The zero-order chi connectivity index (χ0) is 23.4. The lowest BCUT2D eigenvalue weighted by Crippen LogP contribution is -2.44. The van der Waals surface area contributed by atoms with E-state index in [-0.39, 0.29) is 6.03 Å². The minimum Gasteiger partial charge on any atom is -0.493 e. The van der Waals surface area contributed by atoms with Crippen LogP contribution >= 0.6 is 0 Å². The summed E-state index contributed by atoms with van der Waals surface area (Å²) in [6.07, 6.45) is 0. The summed E-state index contributed by atoms with van der Waals surface area (Å²) in [4.78, 5) is 22.0. The monoisotopic (exact) mass is 449 g/mol. The van der Waals surface area contributed by atoms with Crippen molar-refractivity contribution in [2.45, 2.75) is 13.5 Å². The molecule has 1 aliphatic rings. The molecular formula is C25H31N5O3. The Bertz CT molecular complexity index is 1140. The molecule has 2 amide bonds. The van der Waals surface area contributed by atoms with Crippen LogP contribution < -0.4 is 25.0 Å². The first-order valence-corrected chi connectivity index (χ1v) is 11.1. The first kappa shape index (κ1) is 22.7. The summed E-state index contributed by atoms with van der Waals surface area (Å²) in [5, 5.41) is 6.83. The van der Waals surface area contributed by atoms with Gasteiger partial charge in [-0.25, -0.2) is 9.78 Å². The Morgan fingerprint density at radius 1 is 1.00 bits per heavy atom. The van der Waals surface area contributed by atoms with Gasteiger partial charge < -0.3 is 29.9 Å². The predicted octanol–water partition coefficient (Wildman–Crippen LogP) is 3.63. The standard InChI is InChI=1S/C25H31N5O3/c1-17-13-24(30-11-9-29(2)10-12-30)28-21-7-6-19(15-20(17)21)27-25(31)26-16-18-5-8-22(32-3)23(14-18)33-4/h5-8,13-15H,9-12,16H2,1-4H3,(H2,26,27,31). The van der Waals surface area contributed by atoms with Gasteiger partial charge in [-0.2, -0.15) is 0 Å². The highest BCUT2D eigenvalue weighted by Gasteiger charge is 2.16. The zero-order valence-corrected chi connectivity index (χ0v) is 19.6. The molecule has 1 saturated heterocycles. The van der Waals surface area contributed by atoms with Crippen LogP contribution in [0.15, 0.2) is 42.5 Å². The van der Waals surface area contributed by atoms with Gasteiger partial charge in [0, 0.05) is 43.8 Å². The average Bonchev–Trinajstić information content (AvgIpc) is 2.83. The Kier molecular flexibility index (Phi) is 6.84. The van der Waals surface area contributed by atoms with Gasteiger partial charge in [0.25, 0.3) is 0 Å². The number of nitrogens with zero attached hydrogens (tertiary/aromatic N) is 3. The molecule has 33 heavy (non-hydrogen) atoms. The number of pyridine rings is 1. The molecule has 1 fully saturated rings. The van der Waals surface area contributed by atoms with Gasteiger partial charge in [-0.05, 0) is 61.5 Å². The van der Waals surface area contributed by atoms with E-state index in [0.717, 1.165) is 59.7 Å². The number of methoxy groups -OCH3 is 2. The number of rotatable bonds is 6. The van der Waals surface area contributed by atoms with Crippen molar-refractivity contribution in [3.8, 4) is 11.5 Å². The highest BCUT2D eigenvalue weighted by Crippen LogP contribution is 2.28. The van der Waals surface area contributed by atoms with E-state index in [0.29, 0.717) is 18.0 Å². The van der Waals surface area contributed by atoms with Crippen molar-refractivity contribution in [2.75, 3.05) is 57.7 Å². The predicted molar refractivity (Wildman–Crippen MR) is 132 cm³/mol. The summed E-state index contributed by atoms with van der Waals surface area (Å²) in [6.45, 7) is 6.50. The van der Waals surface area contributed by atoms with Gasteiger partial charge in [0.05, 0.1) is 19.7 Å². The molecular weight excluding hydrogens is 418 g/mol. The van der Waals surface area contributed by atoms with E-state index < -0.39 is 0 Å². The Morgan fingerprint density at radius 2 is 1.76 bits per heavy atom. The third-order valence-corrected chi connectivity index (χ3v) is 5.99. The third-order valence-electron chi connectivity index (χ3n) is 5.99. The Balaban J connectivity index is 1.41. The maximum atomic E-state index is 12.5. The van der Waals surface area contributed by atoms with E-state index in [9.17, 15) is 4.79 Å². The summed E-state index contributed by atoms with van der Waals surface area (Å²) >= 11 is 0. The number of anilines is 2. The molecule has 4 rings (SSSR count). The van der Waals surface area contributed by atoms with Gasteiger partial charge >= 0.3 is 6.03 Å². The topological polar surface area (TPSA) is 79.0 Å². The fourth-order valence-electron chi connectivity index (χ4n) is 4.00. The Labute approximate surface area is 194 Å². The Hall–Kier alpha value is -3.52. The SMILES string of the molecule is COc1ccc(CNC(=O)Nc2ccc3nc(N4CCN(C)CC4)cc(C)c3c2)cc1OC. The number of hydrogen-bond donors (Lipinski definition) is 2. The number of hydrogen-bond acceptors (Lipinski definition) is 6. The lowest BCUT2D eigenvalue weighted by Gasteiger charge is -2.33. The molecule has 1 aromatic heterocycles. The van der Waals surface area contributed by atoms with E-state index in [4.69, 9.17) is 14.5 Å². The number of piperazine rings is 1. The number of carbonyl (C=O) groups is 1. The van der Waals surface area contributed by atoms with E-state index in [1.165, 1.54) is 0 Å². The highest BCUT2D eigenvalue weighted by atomic mass is 16.5. The molecule has 2 N–H and O–H groups in total. The summed E-state index contributed by atoms with van der Waals surface area (Å²) in [6, 6.07) is 13.2. The first-order valence-electron chi connectivity index (χ1n) is 11.1. The minimum atomic E-state index is -0.274. The first-order chi connectivity index (χ1) is 16.0. The number of amides is 2. The number of aromatic nitrogens is 1. The van der Waals surface area contributed by atoms with Crippen molar-refractivity contribution in [1.29, 1.82) is 0 Å². The van der Waals surface area contributed by atoms with Crippen LogP contribution in [0, 0.1) is 6.92 Å². The second-order valence-corrected chi connectivity index (χ2v) is 8.32. The van der Waals surface area contributed by atoms with Gasteiger partial charge in [-0.1, -0.05) is 6.07 Å². The third kappa shape index (κ3) is 5.28. The van der Waals surface area contributed by atoms with Crippen LogP contribution in [-0.2, 0) is 6.54 Å². The van der Waals surface area contributed by atoms with E-state index in [1.807, 2.05) is 36.4 Å². The van der Waals surface area contributed by atoms with Crippen LogP contribution in [0.5, 0.6) is 11.5 Å². The van der Waals surface area contributed by atoms with Crippen molar-refractivity contribution in [1.82, 2.24) is 15.2 Å². The van der Waals surface area contributed by atoms with Crippen LogP contribution in [0.4, 0.5) is 16.3 Å². The fourth-order valence-corrected chi connectivity index (χ4v) is 4.00. The van der Waals surface area contributed by atoms with Gasteiger partial charge in [-0.15, -0.1) is 0 Å². The molecule has 0 unspecified atom stereocenters. The highest BCUT2D eigenvalue weighted by molar-refractivity contribution is 5.94. The van der Waals surface area contributed by atoms with Gasteiger partial charge in [0.15, 0.2) is 11.5 Å². The van der Waals surface area contributed by atoms with E-state index >= 15 is 0 Å². The maximum Gasteiger partial charge on any atom is 0.319 e. The summed E-state index contributed by atoms with van der Waals surface area (Å²) in [7, 11) is 5.33. The molecule has 0 atom stereocenters. The number of nitrogens with one attached hydrogen (secondary N) is 2. The molecule has 0 bridgehead atoms. The molecule has 0 saturated carbocycles. The minimum absolute atomic E-state index is 0.274. The molecule has 8 nitrogen and oxygen atoms in total. The number of aryl methyl sites for hydroxylation is 1. The fraction of sp³-hybridized carbons (Fsp3) is 0.360. The summed E-state index contributed by atoms with van der Waals surface area (Å²) < 4.78 is 10.6. The number of benzene rings is 2. The van der Waals surface area contributed by atoms with Gasteiger partial charge in [-0.3, -0.25) is 0 Å². The van der Waals surface area contributed by atoms with Crippen molar-refractivity contribution < 1.29 is 14.3 Å². The van der Waals surface area contributed by atoms with Gasteiger partial charge in [0.1, 0.15) is 5.82 Å². The van der Waals surface area contributed by atoms with Crippen LogP contribution in [0.2, 0.25) is 0 Å². The second kappa shape index (κ2) is 9.95. The largest absolute Gasteiger partial charge is 0.493 e. The van der Waals surface area contributed by atoms with Crippen molar-refractivity contribution in [3.05, 3.63) is 53.6 Å². The molecule has 0 spiro atoms. The number of urea groups is 1. The molecule has 3 aromatic rings. The average molecular weight is 450 g/mol. The second-order valence-electron chi connectivity index (χ2n) is 8.32. The van der Waals surface area contributed by atoms with Crippen LogP contribution in [0.25, 0.3) is 10.9 Å². The van der Waals surface area contributed by atoms with Crippen LogP contribution in [0.1, 0.15) is 11.1 Å². The summed E-state index contributed by atoms with van der Waals surface area (Å²) in [5.74, 6) is 2.30. The van der Waals surface area contributed by atoms with Crippen molar-refractivity contribution in [3.63, 3.8) is 0 Å². The van der Waals surface area contributed by atoms with E-state index in [2.05, 4.69) is 40.5 Å². The number of fused-ring (bicyclic) bond motifs is 1. The molecule has 0 radical (unpaired) electrons. The molecule has 8 heteroatoms. The van der Waals surface area contributed by atoms with Crippen LogP contribution in [0.3, 0.4) is 0 Å². The maximum absolute atomic E-state index is 12.5. The Morgan fingerprint density at radius 3 is 2.48 bits per heavy atom. The molecule has 0 aliphatic carbocycles. The number of ether oxygens (including phenoxy) is 2. The van der Waals surface area contributed by atoms with Crippen molar-refractivity contribution >= 4 is 28.4 Å². The van der Waals surface area contributed by atoms with Crippen molar-refractivity contribution in [2.24, 2.45) is 0 Å². The molecule has 2 aromatic carbocycles. The number of carbonyl (C=O) groups excluding carboxylic acids is 1. The lowest BCUT2D eigenvalue weighted by atomic mass is 10.1. The normalized spacial score (nSPS) is 14.2. The molecule has 174 valence electrons. The number of likely N-dealkylation sites (N-methyl/N-ethyl adjacent to an activating group) is 1. The molecule has 1 aliphatic heterocycles. The van der Waals surface area contributed by atoms with Crippen LogP contribution in [-0.4, -0.2) is 63.4 Å². The lowest BCUT2D eigenvalue weighted by molar-refractivity contribution is 0.251. The van der Waals surface area contributed by atoms with Gasteiger partial charge in [0.2, 0.25) is 0 Å². The quantitative estimate of drug-likeness (QED) is 0.598. The van der Waals surface area contributed by atoms with E-state index in [1.54, 1.807) is 14.2 Å².